The van der Waals surface area contributed by atoms with E-state index in [1.54, 1.807) is 18.2 Å². The molecule has 0 aromatic heterocycles. The Hall–Kier alpha value is -2.30. The zero-order chi connectivity index (χ0) is 13.5. The number of hydrogen-bond donors (Lipinski definition) is 2. The Morgan fingerprint density at radius 2 is 2.11 bits per heavy atom. The first kappa shape index (κ1) is 13.8. The lowest BCUT2D eigenvalue weighted by atomic mass is 10.0. The normalized spacial score (nSPS) is 10.5. The van der Waals surface area contributed by atoms with Gasteiger partial charge in [-0.25, -0.2) is 4.79 Å². The van der Waals surface area contributed by atoms with Crippen LogP contribution in [0.25, 0.3) is 6.08 Å². The van der Waals surface area contributed by atoms with Gasteiger partial charge in [0.15, 0.2) is 0 Å². The molecule has 0 saturated carbocycles. The van der Waals surface area contributed by atoms with Crippen molar-refractivity contribution in [1.29, 1.82) is 0 Å². The number of carbonyl (C=O) groups is 2. The Bertz CT molecular complexity index is 480. The minimum absolute atomic E-state index is 0.266. The second-order valence-corrected chi connectivity index (χ2v) is 3.76. The number of rotatable bonds is 5. The van der Waals surface area contributed by atoms with Crippen LogP contribution in [0, 0.1) is 0 Å². The fourth-order valence-electron chi connectivity index (χ4n) is 1.50. The number of esters is 1. The van der Waals surface area contributed by atoms with Crippen molar-refractivity contribution in [3.8, 4) is 0 Å². The number of ether oxygens (including phenoxy) is 1. The topological polar surface area (TPSA) is 89.6 Å². The van der Waals surface area contributed by atoms with Crippen LogP contribution in [0.4, 0.5) is 5.69 Å². The highest BCUT2D eigenvalue weighted by Crippen LogP contribution is 2.15. The van der Waals surface area contributed by atoms with E-state index in [0.29, 0.717) is 17.7 Å². The molecule has 96 valence electrons. The van der Waals surface area contributed by atoms with Crippen molar-refractivity contribution in [2.75, 3.05) is 12.8 Å². The molecule has 18 heavy (non-hydrogen) atoms. The molecule has 0 bridgehead atoms. The SMILES string of the molecule is COC(=O)CCc1cc(N)cc(C=CC(=O)O)c1. The molecule has 0 heterocycles. The zero-order valence-electron chi connectivity index (χ0n) is 10.1. The third kappa shape index (κ3) is 4.69. The van der Waals surface area contributed by atoms with Gasteiger partial charge >= 0.3 is 11.9 Å². The average molecular weight is 249 g/mol. The summed E-state index contributed by atoms with van der Waals surface area (Å²) in [4.78, 5) is 21.4. The number of carbonyl (C=O) groups excluding carboxylic acids is 1. The van der Waals surface area contributed by atoms with Crippen molar-refractivity contribution >= 4 is 23.7 Å². The highest BCUT2D eigenvalue weighted by Gasteiger charge is 2.03. The molecule has 1 rings (SSSR count). The number of methoxy groups -OCH3 is 1. The number of carboxylic acid groups (broad SMARTS) is 1. The highest BCUT2D eigenvalue weighted by atomic mass is 16.5. The Labute approximate surface area is 105 Å². The van der Waals surface area contributed by atoms with E-state index in [2.05, 4.69) is 4.74 Å². The first-order chi connectivity index (χ1) is 8.51. The summed E-state index contributed by atoms with van der Waals surface area (Å²) in [6.45, 7) is 0. The largest absolute Gasteiger partial charge is 0.478 e. The lowest BCUT2D eigenvalue weighted by Crippen LogP contribution is -2.02. The molecule has 0 unspecified atom stereocenters. The quantitative estimate of drug-likeness (QED) is 0.468. The van der Waals surface area contributed by atoms with E-state index in [9.17, 15) is 9.59 Å². The van der Waals surface area contributed by atoms with Crippen LogP contribution < -0.4 is 5.73 Å². The number of aliphatic carboxylic acids is 1. The summed E-state index contributed by atoms with van der Waals surface area (Å²) in [5.41, 5.74) is 7.80. The van der Waals surface area contributed by atoms with Gasteiger partial charge in [0.25, 0.3) is 0 Å². The van der Waals surface area contributed by atoms with Gasteiger partial charge in [0, 0.05) is 18.2 Å². The Balaban J connectivity index is 2.80. The average Bonchev–Trinajstić information content (AvgIpc) is 2.33. The van der Waals surface area contributed by atoms with Crippen LogP contribution in [0.5, 0.6) is 0 Å². The highest BCUT2D eigenvalue weighted by molar-refractivity contribution is 5.85. The van der Waals surface area contributed by atoms with Gasteiger partial charge in [-0.15, -0.1) is 0 Å². The van der Waals surface area contributed by atoms with Crippen LogP contribution in [0.1, 0.15) is 17.5 Å². The van der Waals surface area contributed by atoms with Crippen molar-refractivity contribution in [3.63, 3.8) is 0 Å². The van der Waals surface area contributed by atoms with Crippen LogP contribution in [-0.4, -0.2) is 24.2 Å². The molecule has 1 aromatic rings. The third-order valence-electron chi connectivity index (χ3n) is 2.30. The van der Waals surface area contributed by atoms with Crippen molar-refractivity contribution in [2.24, 2.45) is 0 Å². The fourth-order valence-corrected chi connectivity index (χ4v) is 1.50. The van der Waals surface area contributed by atoms with Crippen molar-refractivity contribution < 1.29 is 19.4 Å². The van der Waals surface area contributed by atoms with Gasteiger partial charge in [-0.1, -0.05) is 6.07 Å². The Morgan fingerprint density at radius 1 is 1.39 bits per heavy atom. The number of nitrogens with two attached hydrogens (primary N) is 1. The van der Waals surface area contributed by atoms with Crippen molar-refractivity contribution in [2.45, 2.75) is 12.8 Å². The third-order valence-corrected chi connectivity index (χ3v) is 2.30. The Kier molecular flexibility index (Phi) is 4.92. The number of aryl methyl sites for hydroxylation is 1. The van der Waals surface area contributed by atoms with Gasteiger partial charge in [-0.2, -0.15) is 0 Å². The molecule has 0 fully saturated rings. The van der Waals surface area contributed by atoms with Gasteiger partial charge in [0.2, 0.25) is 0 Å². The molecule has 0 amide bonds. The molecule has 0 aliphatic rings. The van der Waals surface area contributed by atoms with Crippen molar-refractivity contribution in [3.05, 3.63) is 35.4 Å². The van der Waals surface area contributed by atoms with Crippen LogP contribution in [0.2, 0.25) is 0 Å². The molecular weight excluding hydrogens is 234 g/mol. The molecule has 0 aliphatic carbocycles. The second kappa shape index (κ2) is 6.44. The van der Waals surface area contributed by atoms with Crippen LogP contribution in [0.15, 0.2) is 24.3 Å². The number of hydrogen-bond acceptors (Lipinski definition) is 4. The maximum absolute atomic E-state index is 11.0. The van der Waals surface area contributed by atoms with Gasteiger partial charge in [0.1, 0.15) is 0 Å². The van der Waals surface area contributed by atoms with Crippen LogP contribution >= 0.6 is 0 Å². The van der Waals surface area contributed by atoms with E-state index in [4.69, 9.17) is 10.8 Å². The van der Waals surface area contributed by atoms with Gasteiger partial charge < -0.3 is 15.6 Å². The summed E-state index contributed by atoms with van der Waals surface area (Å²) in [6, 6.07) is 5.21. The lowest BCUT2D eigenvalue weighted by molar-refractivity contribution is -0.140. The first-order valence-corrected chi connectivity index (χ1v) is 5.38. The van der Waals surface area contributed by atoms with E-state index in [1.165, 1.54) is 13.2 Å². The molecule has 0 aliphatic heterocycles. The second-order valence-electron chi connectivity index (χ2n) is 3.76. The van der Waals surface area contributed by atoms with E-state index < -0.39 is 5.97 Å². The van der Waals surface area contributed by atoms with Gasteiger partial charge in [-0.05, 0) is 35.8 Å². The number of nitrogen functional groups attached to an aromatic ring is 1. The summed E-state index contributed by atoms with van der Waals surface area (Å²) in [7, 11) is 1.34. The first-order valence-electron chi connectivity index (χ1n) is 5.38. The zero-order valence-corrected chi connectivity index (χ0v) is 10.1. The molecule has 5 nitrogen and oxygen atoms in total. The number of carboxylic acids is 1. The molecule has 0 spiro atoms. The number of benzene rings is 1. The summed E-state index contributed by atoms with van der Waals surface area (Å²) < 4.78 is 4.55. The molecule has 1 aromatic carbocycles. The van der Waals surface area contributed by atoms with Crippen LogP contribution in [0.3, 0.4) is 0 Å². The molecular formula is C13H15NO4. The fraction of sp³-hybridized carbons (Fsp3) is 0.231. The summed E-state index contributed by atoms with van der Waals surface area (Å²) in [5, 5.41) is 8.54. The predicted molar refractivity (Wildman–Crippen MR) is 67.9 cm³/mol. The minimum Gasteiger partial charge on any atom is -0.478 e. The van der Waals surface area contributed by atoms with E-state index in [-0.39, 0.29) is 12.4 Å². The minimum atomic E-state index is -1.02. The van der Waals surface area contributed by atoms with Gasteiger partial charge in [0.05, 0.1) is 7.11 Å². The molecule has 3 N–H and O–H groups in total. The monoisotopic (exact) mass is 249 g/mol. The molecule has 0 atom stereocenters. The van der Waals surface area contributed by atoms with Crippen molar-refractivity contribution in [1.82, 2.24) is 0 Å². The standard InChI is InChI=1S/C13H15NO4/c1-18-13(17)5-3-10-6-9(2-4-12(15)16)7-11(14)8-10/h2,4,6-8H,3,5,14H2,1H3,(H,15,16). The molecule has 0 saturated heterocycles. The summed E-state index contributed by atoms with van der Waals surface area (Å²) in [5.74, 6) is -1.31. The van der Waals surface area contributed by atoms with E-state index in [1.807, 2.05) is 0 Å². The molecule has 5 heteroatoms. The summed E-state index contributed by atoms with van der Waals surface area (Å²) in [6.07, 6.45) is 3.27. The smallest absolute Gasteiger partial charge is 0.328 e. The summed E-state index contributed by atoms with van der Waals surface area (Å²) >= 11 is 0. The number of anilines is 1. The Morgan fingerprint density at radius 3 is 2.72 bits per heavy atom. The van der Waals surface area contributed by atoms with E-state index in [0.717, 1.165) is 11.6 Å². The van der Waals surface area contributed by atoms with Gasteiger partial charge in [-0.3, -0.25) is 4.79 Å². The lowest BCUT2D eigenvalue weighted by Gasteiger charge is -2.04. The van der Waals surface area contributed by atoms with Crippen LogP contribution in [-0.2, 0) is 20.7 Å². The van der Waals surface area contributed by atoms with E-state index >= 15 is 0 Å². The predicted octanol–water partition coefficient (Wildman–Crippen LogP) is 1.47. The maximum Gasteiger partial charge on any atom is 0.328 e. The molecule has 0 radical (unpaired) electrons. The maximum atomic E-state index is 11.0.